The van der Waals surface area contributed by atoms with Crippen LogP contribution in [0, 0.1) is 0 Å². The summed E-state index contributed by atoms with van der Waals surface area (Å²) in [7, 11) is 0. The second-order valence-electron chi connectivity index (χ2n) is 5.49. The fraction of sp³-hybridized carbons (Fsp3) is 0.400. The third kappa shape index (κ3) is 4.03. The van der Waals surface area contributed by atoms with Crippen molar-refractivity contribution in [3.8, 4) is 5.88 Å². The van der Waals surface area contributed by atoms with Gasteiger partial charge >= 0.3 is 6.18 Å². The molecule has 3 heterocycles. The average Bonchev–Trinajstić information content (AvgIpc) is 3.00. The van der Waals surface area contributed by atoms with Crippen LogP contribution in [-0.4, -0.2) is 39.3 Å². The van der Waals surface area contributed by atoms with E-state index in [0.29, 0.717) is 6.54 Å². The summed E-state index contributed by atoms with van der Waals surface area (Å²) in [6, 6.07) is 2.61. The largest absolute Gasteiger partial charge is 0.468 e. The number of carbonyl (C=O) groups is 1. The number of aryl methyl sites for hydroxylation is 1. The molecule has 2 aromatic rings. The number of hydrogen-bond donors (Lipinski definition) is 1. The van der Waals surface area contributed by atoms with Crippen molar-refractivity contribution in [2.45, 2.75) is 31.6 Å². The molecule has 0 radical (unpaired) electrons. The van der Waals surface area contributed by atoms with E-state index >= 15 is 0 Å². The lowest BCUT2D eigenvalue weighted by atomic mass is 10.1. The van der Waals surface area contributed by atoms with Crippen molar-refractivity contribution in [3.05, 3.63) is 42.1 Å². The third-order valence-corrected chi connectivity index (χ3v) is 3.65. The zero-order chi connectivity index (χ0) is 17.2. The van der Waals surface area contributed by atoms with Gasteiger partial charge in [0.1, 0.15) is 5.82 Å². The average molecular weight is 340 g/mol. The summed E-state index contributed by atoms with van der Waals surface area (Å²) in [5.41, 5.74) is 0.269. The van der Waals surface area contributed by atoms with Crippen molar-refractivity contribution in [2.24, 2.45) is 0 Å². The Bertz CT molecular complexity index is 712. The lowest BCUT2D eigenvalue weighted by Gasteiger charge is -2.24. The Hall–Kier alpha value is -2.58. The summed E-state index contributed by atoms with van der Waals surface area (Å²) >= 11 is 0. The Kier molecular flexibility index (Phi) is 4.41. The number of pyridine rings is 1. The van der Waals surface area contributed by atoms with Crippen LogP contribution < -0.4 is 10.1 Å². The predicted molar refractivity (Wildman–Crippen MR) is 77.6 cm³/mol. The van der Waals surface area contributed by atoms with Crippen LogP contribution in [0.25, 0.3) is 0 Å². The number of amides is 1. The first-order chi connectivity index (χ1) is 11.4. The van der Waals surface area contributed by atoms with Gasteiger partial charge in [-0.25, -0.2) is 9.97 Å². The number of ether oxygens (including phenoxy) is 1. The van der Waals surface area contributed by atoms with Crippen LogP contribution in [0.15, 0.2) is 30.7 Å². The van der Waals surface area contributed by atoms with E-state index in [1.54, 1.807) is 6.20 Å². The summed E-state index contributed by atoms with van der Waals surface area (Å²) in [6.45, 7) is -0.776. The van der Waals surface area contributed by atoms with Gasteiger partial charge in [-0.2, -0.15) is 13.2 Å². The van der Waals surface area contributed by atoms with E-state index in [1.165, 1.54) is 18.3 Å². The SMILES string of the molecule is O=C(N[C@H]1CCc2nccn2C1)c1ccc(OCC(F)(F)F)nc1. The Balaban J connectivity index is 1.56. The molecule has 1 aliphatic heterocycles. The van der Waals surface area contributed by atoms with E-state index in [-0.39, 0.29) is 23.4 Å². The number of carbonyl (C=O) groups excluding carboxylic acids is 1. The first-order valence-corrected chi connectivity index (χ1v) is 7.37. The first kappa shape index (κ1) is 16.3. The van der Waals surface area contributed by atoms with E-state index in [2.05, 4.69) is 20.0 Å². The molecule has 128 valence electrons. The predicted octanol–water partition coefficient (Wildman–Crippen LogP) is 1.96. The van der Waals surface area contributed by atoms with Gasteiger partial charge in [0.25, 0.3) is 5.91 Å². The lowest BCUT2D eigenvalue weighted by Crippen LogP contribution is -2.40. The minimum atomic E-state index is -4.43. The van der Waals surface area contributed by atoms with Crippen molar-refractivity contribution < 1.29 is 22.7 Å². The normalized spacial score (nSPS) is 17.2. The highest BCUT2D eigenvalue weighted by Gasteiger charge is 2.28. The van der Waals surface area contributed by atoms with Crippen LogP contribution in [0.2, 0.25) is 0 Å². The molecule has 0 aromatic carbocycles. The Morgan fingerprint density at radius 2 is 2.21 bits per heavy atom. The van der Waals surface area contributed by atoms with Gasteiger partial charge < -0.3 is 14.6 Å². The quantitative estimate of drug-likeness (QED) is 0.924. The molecule has 3 rings (SSSR count). The van der Waals surface area contributed by atoms with Crippen LogP contribution in [-0.2, 0) is 13.0 Å². The van der Waals surface area contributed by atoms with Crippen molar-refractivity contribution >= 4 is 5.91 Å². The van der Waals surface area contributed by atoms with Gasteiger partial charge in [-0.3, -0.25) is 4.79 Å². The molecule has 0 unspecified atom stereocenters. The molecule has 24 heavy (non-hydrogen) atoms. The maximum absolute atomic E-state index is 12.2. The monoisotopic (exact) mass is 340 g/mol. The Labute approximate surface area is 135 Å². The highest BCUT2D eigenvalue weighted by atomic mass is 19.4. The zero-order valence-corrected chi connectivity index (χ0v) is 12.6. The van der Waals surface area contributed by atoms with Crippen molar-refractivity contribution in [2.75, 3.05) is 6.61 Å². The molecule has 0 fully saturated rings. The van der Waals surface area contributed by atoms with E-state index in [1.807, 2.05) is 10.8 Å². The highest BCUT2D eigenvalue weighted by molar-refractivity contribution is 5.94. The molecule has 1 amide bonds. The number of fused-ring (bicyclic) bond motifs is 1. The zero-order valence-electron chi connectivity index (χ0n) is 12.6. The molecule has 1 N–H and O–H groups in total. The molecule has 0 spiro atoms. The summed E-state index contributed by atoms with van der Waals surface area (Å²) in [4.78, 5) is 20.1. The van der Waals surface area contributed by atoms with Gasteiger partial charge in [0, 0.05) is 43.7 Å². The summed E-state index contributed by atoms with van der Waals surface area (Å²) < 4.78 is 42.7. The fourth-order valence-corrected chi connectivity index (χ4v) is 2.51. The number of hydrogen-bond acceptors (Lipinski definition) is 4. The lowest BCUT2D eigenvalue weighted by molar-refractivity contribution is -0.154. The minimum absolute atomic E-state index is 0.0274. The van der Waals surface area contributed by atoms with Crippen LogP contribution in [0.3, 0.4) is 0 Å². The summed E-state index contributed by atoms with van der Waals surface area (Å²) in [5.74, 6) is 0.497. The van der Waals surface area contributed by atoms with Crippen molar-refractivity contribution in [1.29, 1.82) is 0 Å². The molecule has 1 aliphatic rings. The number of rotatable bonds is 4. The van der Waals surface area contributed by atoms with Gasteiger partial charge in [0.2, 0.25) is 5.88 Å². The van der Waals surface area contributed by atoms with E-state index in [9.17, 15) is 18.0 Å². The van der Waals surface area contributed by atoms with E-state index in [0.717, 1.165) is 18.7 Å². The molecule has 0 saturated carbocycles. The molecule has 0 aliphatic carbocycles. The molecular formula is C15H15F3N4O2. The molecule has 2 aromatic heterocycles. The van der Waals surface area contributed by atoms with Gasteiger partial charge in [-0.15, -0.1) is 0 Å². The number of aromatic nitrogens is 3. The second kappa shape index (κ2) is 6.50. The Morgan fingerprint density at radius 3 is 2.92 bits per heavy atom. The maximum Gasteiger partial charge on any atom is 0.422 e. The number of nitrogens with one attached hydrogen (secondary N) is 1. The third-order valence-electron chi connectivity index (χ3n) is 3.65. The van der Waals surface area contributed by atoms with Crippen LogP contribution >= 0.6 is 0 Å². The maximum atomic E-state index is 12.2. The van der Waals surface area contributed by atoms with Gasteiger partial charge in [-0.05, 0) is 12.5 Å². The molecule has 1 atom stereocenters. The molecular weight excluding hydrogens is 325 g/mol. The smallest absolute Gasteiger partial charge is 0.422 e. The molecule has 6 nitrogen and oxygen atoms in total. The topological polar surface area (TPSA) is 69.0 Å². The van der Waals surface area contributed by atoms with Gasteiger partial charge in [-0.1, -0.05) is 0 Å². The minimum Gasteiger partial charge on any atom is -0.468 e. The summed E-state index contributed by atoms with van der Waals surface area (Å²) in [5, 5.41) is 2.89. The first-order valence-electron chi connectivity index (χ1n) is 7.37. The van der Waals surface area contributed by atoms with E-state index in [4.69, 9.17) is 0 Å². The highest BCUT2D eigenvalue weighted by Crippen LogP contribution is 2.17. The van der Waals surface area contributed by atoms with Gasteiger partial charge in [0.05, 0.1) is 5.56 Å². The second-order valence-corrected chi connectivity index (χ2v) is 5.49. The molecule has 0 bridgehead atoms. The molecule has 9 heteroatoms. The van der Waals surface area contributed by atoms with Crippen molar-refractivity contribution in [1.82, 2.24) is 19.9 Å². The number of imidazole rings is 1. The molecule has 0 saturated heterocycles. The van der Waals surface area contributed by atoms with E-state index < -0.39 is 12.8 Å². The summed E-state index contributed by atoms with van der Waals surface area (Å²) in [6.07, 6.45) is 1.92. The van der Waals surface area contributed by atoms with Crippen LogP contribution in [0.5, 0.6) is 5.88 Å². The van der Waals surface area contributed by atoms with Gasteiger partial charge in [0.15, 0.2) is 6.61 Å². The van der Waals surface area contributed by atoms with Crippen LogP contribution in [0.4, 0.5) is 13.2 Å². The standard InChI is InChI=1S/C15H15F3N4O2/c16-15(17,18)9-24-13-4-1-10(7-20-13)14(23)21-11-2-3-12-19-5-6-22(12)8-11/h1,4-7,11H,2-3,8-9H2,(H,21,23)/t11-/m0/s1. The van der Waals surface area contributed by atoms with Crippen molar-refractivity contribution in [3.63, 3.8) is 0 Å². The fourth-order valence-electron chi connectivity index (χ4n) is 2.51. The number of alkyl halides is 3. The number of halogens is 3. The van der Waals surface area contributed by atoms with Crippen LogP contribution in [0.1, 0.15) is 22.6 Å². The number of nitrogens with zero attached hydrogens (tertiary/aromatic N) is 3. The Morgan fingerprint density at radius 1 is 1.38 bits per heavy atom.